The Bertz CT molecular complexity index is 1450. The fraction of sp³-hybridized carbons (Fsp3) is 0.300. The molecule has 8 nitrogen and oxygen atoms in total. The van der Waals surface area contributed by atoms with E-state index in [1.807, 2.05) is 73.3 Å². The van der Waals surface area contributed by atoms with Crippen molar-refractivity contribution in [2.75, 3.05) is 41.4 Å². The molecule has 4 aromatic rings. The summed E-state index contributed by atoms with van der Waals surface area (Å²) in [4.78, 5) is 36.7. The van der Waals surface area contributed by atoms with Crippen LogP contribution in [0.25, 0.3) is 16.6 Å². The highest BCUT2D eigenvalue weighted by Crippen LogP contribution is 2.28. The predicted octanol–water partition coefficient (Wildman–Crippen LogP) is 4.56. The van der Waals surface area contributed by atoms with Crippen LogP contribution in [-0.2, 0) is 0 Å². The molecule has 3 aromatic carbocycles. The molecule has 0 spiro atoms. The first kappa shape index (κ1) is 26.9. The van der Waals surface area contributed by atoms with Gasteiger partial charge in [-0.1, -0.05) is 19.1 Å². The molecular weight excluding hydrogens is 480 g/mol. The molecule has 1 atom stereocenters. The number of rotatable bonds is 10. The van der Waals surface area contributed by atoms with Crippen molar-refractivity contribution in [1.29, 1.82) is 0 Å². The van der Waals surface area contributed by atoms with E-state index in [2.05, 4.69) is 0 Å². The number of amides is 1. The van der Waals surface area contributed by atoms with E-state index in [4.69, 9.17) is 14.5 Å². The maximum atomic E-state index is 13.9. The Hall–Kier alpha value is -4.17. The van der Waals surface area contributed by atoms with E-state index in [9.17, 15) is 9.59 Å². The van der Waals surface area contributed by atoms with Crippen molar-refractivity contribution in [3.8, 4) is 17.2 Å². The van der Waals surface area contributed by atoms with Crippen LogP contribution in [0.5, 0.6) is 11.5 Å². The molecule has 0 radical (unpaired) electrons. The van der Waals surface area contributed by atoms with Gasteiger partial charge in [0.1, 0.15) is 17.3 Å². The van der Waals surface area contributed by atoms with Crippen LogP contribution in [-0.4, -0.2) is 66.7 Å². The quantitative estimate of drug-likeness (QED) is 0.309. The number of carbonyl (C=O) groups is 1. The first-order valence-electron chi connectivity index (χ1n) is 12.6. The van der Waals surface area contributed by atoms with E-state index in [-0.39, 0.29) is 11.5 Å². The number of ether oxygens (including phenoxy) is 2. The molecule has 0 saturated heterocycles. The monoisotopic (exact) mass is 514 g/mol. The minimum Gasteiger partial charge on any atom is -0.497 e. The number of fused-ring (bicyclic) bond motifs is 1. The SMILES string of the molecule is CCC(c1nc2ccccc2c(=O)n1-c1ccc(OC)cc1)N(CCN(C)C)C(=O)c1ccc(OC)cc1. The van der Waals surface area contributed by atoms with Crippen molar-refractivity contribution in [3.63, 3.8) is 0 Å². The number of benzene rings is 3. The molecule has 38 heavy (non-hydrogen) atoms. The summed E-state index contributed by atoms with van der Waals surface area (Å²) in [6.07, 6.45) is 0.566. The third kappa shape index (κ3) is 5.55. The zero-order chi connectivity index (χ0) is 27.2. The van der Waals surface area contributed by atoms with Crippen molar-refractivity contribution in [2.45, 2.75) is 19.4 Å². The van der Waals surface area contributed by atoms with Gasteiger partial charge in [0.15, 0.2) is 0 Å². The summed E-state index contributed by atoms with van der Waals surface area (Å²) in [5, 5.41) is 0.517. The summed E-state index contributed by atoms with van der Waals surface area (Å²) in [7, 11) is 7.14. The maximum Gasteiger partial charge on any atom is 0.266 e. The van der Waals surface area contributed by atoms with Gasteiger partial charge in [-0.2, -0.15) is 0 Å². The van der Waals surface area contributed by atoms with Gasteiger partial charge in [-0.25, -0.2) is 4.98 Å². The Morgan fingerprint density at radius 2 is 1.50 bits per heavy atom. The molecule has 1 amide bonds. The standard InChI is InChI=1S/C30H34N4O4/c1-6-27(33(20-19-32(2)3)29(35)21-11-15-23(37-4)16-12-21)28-31-26-10-8-7-9-25(26)30(36)34(28)22-13-17-24(38-5)18-14-22/h7-18,27H,6,19-20H2,1-5H3. The molecule has 0 saturated carbocycles. The van der Waals surface area contributed by atoms with Crippen LogP contribution < -0.4 is 15.0 Å². The average Bonchev–Trinajstić information content (AvgIpc) is 2.95. The predicted molar refractivity (Wildman–Crippen MR) is 150 cm³/mol. The maximum absolute atomic E-state index is 13.9. The Kier molecular flexibility index (Phi) is 8.43. The van der Waals surface area contributed by atoms with Gasteiger partial charge in [-0.15, -0.1) is 0 Å². The smallest absolute Gasteiger partial charge is 0.266 e. The number of likely N-dealkylation sites (N-methyl/N-ethyl adjacent to an activating group) is 1. The largest absolute Gasteiger partial charge is 0.497 e. The lowest BCUT2D eigenvalue weighted by Gasteiger charge is -2.33. The van der Waals surface area contributed by atoms with Crippen LogP contribution in [0.1, 0.15) is 35.6 Å². The second kappa shape index (κ2) is 11.9. The Morgan fingerprint density at radius 1 is 0.895 bits per heavy atom. The van der Waals surface area contributed by atoms with E-state index in [1.54, 1.807) is 49.1 Å². The minimum absolute atomic E-state index is 0.134. The van der Waals surface area contributed by atoms with E-state index < -0.39 is 6.04 Å². The molecule has 1 unspecified atom stereocenters. The van der Waals surface area contributed by atoms with Crippen LogP contribution in [0, 0.1) is 0 Å². The molecule has 198 valence electrons. The molecule has 0 aliphatic carbocycles. The number of aromatic nitrogens is 2. The highest BCUT2D eigenvalue weighted by molar-refractivity contribution is 5.94. The third-order valence-electron chi connectivity index (χ3n) is 6.58. The summed E-state index contributed by atoms with van der Waals surface area (Å²) in [6.45, 7) is 3.12. The number of carbonyl (C=O) groups excluding carboxylic acids is 1. The van der Waals surface area contributed by atoms with Crippen LogP contribution in [0.15, 0.2) is 77.6 Å². The van der Waals surface area contributed by atoms with Gasteiger partial charge in [0, 0.05) is 18.7 Å². The summed E-state index contributed by atoms with van der Waals surface area (Å²) in [5.41, 5.74) is 1.62. The van der Waals surface area contributed by atoms with Crippen molar-refractivity contribution in [3.05, 3.63) is 94.5 Å². The minimum atomic E-state index is -0.455. The molecule has 4 rings (SSSR count). The molecule has 0 N–H and O–H groups in total. The van der Waals surface area contributed by atoms with Crippen LogP contribution in [0.3, 0.4) is 0 Å². The lowest BCUT2D eigenvalue weighted by atomic mass is 10.1. The zero-order valence-electron chi connectivity index (χ0n) is 22.5. The highest BCUT2D eigenvalue weighted by Gasteiger charge is 2.30. The fourth-order valence-electron chi connectivity index (χ4n) is 4.50. The Morgan fingerprint density at radius 3 is 2.08 bits per heavy atom. The van der Waals surface area contributed by atoms with Gasteiger partial charge in [0.05, 0.1) is 36.9 Å². The van der Waals surface area contributed by atoms with Crippen LogP contribution in [0.4, 0.5) is 0 Å². The van der Waals surface area contributed by atoms with Gasteiger partial charge >= 0.3 is 0 Å². The Labute approximate surface area is 223 Å². The van der Waals surface area contributed by atoms with Gasteiger partial charge in [-0.3, -0.25) is 14.2 Å². The molecule has 8 heteroatoms. The number of hydrogen-bond acceptors (Lipinski definition) is 6. The van der Waals surface area contributed by atoms with Crippen molar-refractivity contribution >= 4 is 16.8 Å². The molecule has 0 fully saturated rings. The normalized spacial score (nSPS) is 11.9. The number of hydrogen-bond donors (Lipinski definition) is 0. The fourth-order valence-corrected chi connectivity index (χ4v) is 4.50. The van der Waals surface area contributed by atoms with Crippen LogP contribution >= 0.6 is 0 Å². The average molecular weight is 515 g/mol. The van der Waals surface area contributed by atoms with E-state index in [0.717, 1.165) is 0 Å². The van der Waals surface area contributed by atoms with Gasteiger partial charge < -0.3 is 19.3 Å². The molecule has 1 heterocycles. The molecule has 0 bridgehead atoms. The zero-order valence-corrected chi connectivity index (χ0v) is 22.5. The summed E-state index contributed by atoms with van der Waals surface area (Å²) < 4.78 is 12.2. The molecule has 0 aliphatic rings. The molecular formula is C30H34N4O4. The van der Waals surface area contributed by atoms with Crippen molar-refractivity contribution < 1.29 is 14.3 Å². The lowest BCUT2D eigenvalue weighted by Crippen LogP contribution is -2.41. The first-order chi connectivity index (χ1) is 18.4. The molecule has 1 aromatic heterocycles. The highest BCUT2D eigenvalue weighted by atomic mass is 16.5. The van der Waals surface area contributed by atoms with Crippen LogP contribution in [0.2, 0.25) is 0 Å². The second-order valence-corrected chi connectivity index (χ2v) is 9.28. The first-order valence-corrected chi connectivity index (χ1v) is 12.6. The van der Waals surface area contributed by atoms with Gasteiger partial charge in [-0.05, 0) is 81.2 Å². The Balaban J connectivity index is 1.90. The number of methoxy groups -OCH3 is 2. The van der Waals surface area contributed by atoms with E-state index in [0.29, 0.717) is 59.0 Å². The summed E-state index contributed by atoms with van der Waals surface area (Å²) >= 11 is 0. The van der Waals surface area contributed by atoms with Gasteiger partial charge in [0.2, 0.25) is 0 Å². The lowest BCUT2D eigenvalue weighted by molar-refractivity contribution is 0.0644. The summed E-state index contributed by atoms with van der Waals surface area (Å²) in [5.74, 6) is 1.75. The van der Waals surface area contributed by atoms with E-state index >= 15 is 0 Å². The van der Waals surface area contributed by atoms with Crippen molar-refractivity contribution in [1.82, 2.24) is 19.4 Å². The topological polar surface area (TPSA) is 76.9 Å². The molecule has 0 aliphatic heterocycles. The van der Waals surface area contributed by atoms with Gasteiger partial charge in [0.25, 0.3) is 11.5 Å². The summed E-state index contributed by atoms with van der Waals surface area (Å²) in [6, 6.07) is 21.2. The van der Waals surface area contributed by atoms with Crippen molar-refractivity contribution in [2.24, 2.45) is 0 Å². The third-order valence-corrected chi connectivity index (χ3v) is 6.58. The van der Waals surface area contributed by atoms with E-state index in [1.165, 1.54) is 0 Å². The number of para-hydroxylation sites is 1. The second-order valence-electron chi connectivity index (χ2n) is 9.28. The number of nitrogens with zero attached hydrogens (tertiary/aromatic N) is 4.